The largest absolute Gasteiger partial charge is 0.453 e. The summed E-state index contributed by atoms with van der Waals surface area (Å²) in [5.41, 5.74) is 5.01. The molecule has 0 aromatic heterocycles. The summed E-state index contributed by atoms with van der Waals surface area (Å²) in [7, 11) is 0. The zero-order valence-corrected chi connectivity index (χ0v) is 16.4. The second-order valence-corrected chi connectivity index (χ2v) is 7.54. The maximum absolute atomic E-state index is 6.10. The summed E-state index contributed by atoms with van der Waals surface area (Å²) in [5, 5.41) is 3.61. The second-order valence-electron chi connectivity index (χ2n) is 7.54. The Labute approximate surface area is 159 Å². The lowest BCUT2D eigenvalue weighted by Crippen LogP contribution is -2.07. The normalized spacial score (nSPS) is 12.1. The number of fused-ring (bicyclic) bond motifs is 2. The van der Waals surface area contributed by atoms with Crippen molar-refractivity contribution < 1.29 is 4.74 Å². The minimum Gasteiger partial charge on any atom is -0.453 e. The molecule has 1 aliphatic rings. The first-order valence-corrected chi connectivity index (χ1v) is 10.5. The second kappa shape index (κ2) is 9.66. The lowest BCUT2D eigenvalue weighted by Gasteiger charge is -2.25. The van der Waals surface area contributed by atoms with Crippen LogP contribution in [0.3, 0.4) is 0 Å². The van der Waals surface area contributed by atoms with Crippen LogP contribution in [0.1, 0.15) is 75.8 Å². The predicted molar refractivity (Wildman–Crippen MR) is 112 cm³/mol. The Bertz CT molecular complexity index is 707. The lowest BCUT2D eigenvalue weighted by molar-refractivity contribution is 0.480. The maximum atomic E-state index is 6.10. The number of unbranched alkanes of at least 4 members (excludes halogenated alkanes) is 8. The number of hydrogen-bond acceptors (Lipinski definition) is 2. The van der Waals surface area contributed by atoms with E-state index in [1.54, 1.807) is 0 Å². The average molecular weight is 352 g/mol. The first-order valence-electron chi connectivity index (χ1n) is 10.5. The standard InChI is InChI=1S/C24H33NO/c1-3-4-5-6-7-8-9-10-11-14-20-19(2)17-18-23-24(20)25-21-15-12-13-16-22(21)26-23/h12-13,15-18,25H,3-11,14H2,1-2H3. The van der Waals surface area contributed by atoms with Crippen molar-refractivity contribution in [2.24, 2.45) is 0 Å². The summed E-state index contributed by atoms with van der Waals surface area (Å²) in [4.78, 5) is 0. The number of anilines is 2. The molecule has 0 unspecified atom stereocenters. The highest BCUT2D eigenvalue weighted by atomic mass is 16.5. The van der Waals surface area contributed by atoms with E-state index in [4.69, 9.17) is 4.74 Å². The molecular weight excluding hydrogens is 318 g/mol. The first-order chi connectivity index (χ1) is 12.8. The molecule has 0 saturated carbocycles. The van der Waals surface area contributed by atoms with E-state index in [0.717, 1.165) is 23.6 Å². The van der Waals surface area contributed by atoms with Gasteiger partial charge in [-0.3, -0.25) is 0 Å². The zero-order chi connectivity index (χ0) is 18.2. The maximum Gasteiger partial charge on any atom is 0.151 e. The van der Waals surface area contributed by atoms with Crippen LogP contribution in [-0.2, 0) is 6.42 Å². The molecule has 2 aromatic carbocycles. The van der Waals surface area contributed by atoms with Crippen molar-refractivity contribution in [3.63, 3.8) is 0 Å². The minimum atomic E-state index is 0.915. The number of benzene rings is 2. The molecule has 0 amide bonds. The molecule has 26 heavy (non-hydrogen) atoms. The number of para-hydroxylation sites is 2. The summed E-state index contributed by atoms with van der Waals surface area (Å²) < 4.78 is 6.10. The third-order valence-electron chi connectivity index (χ3n) is 5.41. The Kier molecular flexibility index (Phi) is 6.99. The van der Waals surface area contributed by atoms with Crippen LogP contribution in [0.15, 0.2) is 36.4 Å². The van der Waals surface area contributed by atoms with E-state index in [1.165, 1.54) is 74.6 Å². The van der Waals surface area contributed by atoms with Gasteiger partial charge in [0.15, 0.2) is 11.5 Å². The highest BCUT2D eigenvalue weighted by Gasteiger charge is 2.19. The molecule has 3 rings (SSSR count). The monoisotopic (exact) mass is 351 g/mol. The van der Waals surface area contributed by atoms with Gasteiger partial charge in [0.05, 0.1) is 11.4 Å². The third-order valence-corrected chi connectivity index (χ3v) is 5.41. The molecule has 0 radical (unpaired) electrons. The van der Waals surface area contributed by atoms with Gasteiger partial charge in [0.2, 0.25) is 0 Å². The topological polar surface area (TPSA) is 21.3 Å². The van der Waals surface area contributed by atoms with Crippen LogP contribution in [0.2, 0.25) is 0 Å². The molecule has 2 nitrogen and oxygen atoms in total. The Balaban J connectivity index is 1.50. The molecule has 0 atom stereocenters. The van der Waals surface area contributed by atoms with Gasteiger partial charge in [0.1, 0.15) is 0 Å². The van der Waals surface area contributed by atoms with E-state index in [-0.39, 0.29) is 0 Å². The highest BCUT2D eigenvalue weighted by Crippen LogP contribution is 2.44. The molecule has 0 saturated heterocycles. The van der Waals surface area contributed by atoms with Crippen LogP contribution in [0.4, 0.5) is 11.4 Å². The molecule has 0 spiro atoms. The van der Waals surface area contributed by atoms with Crippen LogP contribution in [0.5, 0.6) is 11.5 Å². The Morgan fingerprint density at radius 2 is 1.46 bits per heavy atom. The van der Waals surface area contributed by atoms with Crippen molar-refractivity contribution in [2.45, 2.75) is 78.1 Å². The van der Waals surface area contributed by atoms with E-state index in [1.807, 2.05) is 12.1 Å². The Morgan fingerprint density at radius 1 is 0.769 bits per heavy atom. The van der Waals surface area contributed by atoms with E-state index < -0.39 is 0 Å². The summed E-state index contributed by atoms with van der Waals surface area (Å²) >= 11 is 0. The Hall–Kier alpha value is -1.96. The summed E-state index contributed by atoms with van der Waals surface area (Å²) in [6.45, 7) is 4.49. The SMILES string of the molecule is CCCCCCCCCCCc1c(C)ccc2c1Nc1ccccc1O2. The smallest absolute Gasteiger partial charge is 0.151 e. The number of nitrogens with one attached hydrogen (secondary N) is 1. The van der Waals surface area contributed by atoms with Gasteiger partial charge < -0.3 is 10.1 Å². The van der Waals surface area contributed by atoms with E-state index in [9.17, 15) is 0 Å². The number of hydrogen-bond donors (Lipinski definition) is 1. The predicted octanol–water partition coefficient (Wildman–Crippen LogP) is 7.92. The van der Waals surface area contributed by atoms with Gasteiger partial charge in [-0.15, -0.1) is 0 Å². The molecular formula is C24H33NO. The van der Waals surface area contributed by atoms with Crippen LogP contribution in [0.25, 0.3) is 0 Å². The van der Waals surface area contributed by atoms with Crippen molar-refractivity contribution in [2.75, 3.05) is 5.32 Å². The molecule has 1 N–H and O–H groups in total. The van der Waals surface area contributed by atoms with Gasteiger partial charge in [-0.1, -0.05) is 76.5 Å². The van der Waals surface area contributed by atoms with Crippen LogP contribution >= 0.6 is 0 Å². The molecule has 0 fully saturated rings. The molecule has 2 aromatic rings. The number of aryl methyl sites for hydroxylation is 1. The van der Waals surface area contributed by atoms with E-state index in [0.29, 0.717) is 0 Å². The fourth-order valence-corrected chi connectivity index (χ4v) is 3.80. The molecule has 140 valence electrons. The molecule has 1 heterocycles. The third kappa shape index (κ3) is 4.81. The quantitative estimate of drug-likeness (QED) is 0.374. The van der Waals surface area contributed by atoms with Gasteiger partial charge in [-0.05, 0) is 49.1 Å². The summed E-state index contributed by atoms with van der Waals surface area (Å²) in [6, 6.07) is 12.5. The average Bonchev–Trinajstić information content (AvgIpc) is 2.67. The molecule has 0 bridgehead atoms. The minimum absolute atomic E-state index is 0.915. The van der Waals surface area contributed by atoms with Crippen molar-refractivity contribution in [3.05, 3.63) is 47.5 Å². The number of rotatable bonds is 10. The van der Waals surface area contributed by atoms with Crippen LogP contribution < -0.4 is 10.1 Å². The van der Waals surface area contributed by atoms with Crippen LogP contribution in [0, 0.1) is 6.92 Å². The van der Waals surface area contributed by atoms with Gasteiger partial charge in [0.25, 0.3) is 0 Å². The Morgan fingerprint density at radius 3 is 2.23 bits per heavy atom. The van der Waals surface area contributed by atoms with Gasteiger partial charge in [-0.25, -0.2) is 0 Å². The van der Waals surface area contributed by atoms with E-state index in [2.05, 4.69) is 43.4 Å². The van der Waals surface area contributed by atoms with Crippen LogP contribution in [-0.4, -0.2) is 0 Å². The van der Waals surface area contributed by atoms with Gasteiger partial charge >= 0.3 is 0 Å². The van der Waals surface area contributed by atoms with Crippen molar-refractivity contribution in [1.29, 1.82) is 0 Å². The zero-order valence-electron chi connectivity index (χ0n) is 16.4. The fourth-order valence-electron chi connectivity index (χ4n) is 3.80. The van der Waals surface area contributed by atoms with Crippen molar-refractivity contribution >= 4 is 11.4 Å². The summed E-state index contributed by atoms with van der Waals surface area (Å²) in [6.07, 6.45) is 13.5. The highest BCUT2D eigenvalue weighted by molar-refractivity contribution is 5.78. The summed E-state index contributed by atoms with van der Waals surface area (Å²) in [5.74, 6) is 1.87. The lowest BCUT2D eigenvalue weighted by atomic mass is 9.97. The fraction of sp³-hybridized carbons (Fsp3) is 0.500. The molecule has 0 aliphatic carbocycles. The molecule has 1 aliphatic heterocycles. The van der Waals surface area contributed by atoms with E-state index >= 15 is 0 Å². The van der Waals surface area contributed by atoms with Crippen molar-refractivity contribution in [3.8, 4) is 11.5 Å². The van der Waals surface area contributed by atoms with Crippen molar-refractivity contribution in [1.82, 2.24) is 0 Å². The van der Waals surface area contributed by atoms with Gasteiger partial charge in [-0.2, -0.15) is 0 Å². The molecule has 2 heteroatoms. The number of ether oxygens (including phenoxy) is 1. The van der Waals surface area contributed by atoms with Gasteiger partial charge in [0, 0.05) is 0 Å². The first kappa shape index (κ1) is 18.8.